The van der Waals surface area contributed by atoms with Crippen molar-refractivity contribution in [1.29, 1.82) is 0 Å². The summed E-state index contributed by atoms with van der Waals surface area (Å²) in [6, 6.07) is 5.98. The van der Waals surface area contributed by atoms with Crippen molar-refractivity contribution in [1.82, 2.24) is 0 Å². The second-order valence-corrected chi connectivity index (χ2v) is 11.7. The van der Waals surface area contributed by atoms with E-state index >= 15 is 4.39 Å². The molecule has 0 atom stereocenters. The molecule has 2 aromatic carbocycles. The predicted molar refractivity (Wildman–Crippen MR) is 139 cm³/mol. The van der Waals surface area contributed by atoms with Crippen molar-refractivity contribution in [2.45, 2.75) is 77.8 Å². The van der Waals surface area contributed by atoms with Crippen LogP contribution in [0, 0.1) is 11.6 Å². The van der Waals surface area contributed by atoms with Crippen LogP contribution in [0.5, 0.6) is 0 Å². The van der Waals surface area contributed by atoms with Crippen LogP contribution < -0.4 is 10.9 Å². The molecule has 0 spiro atoms. The van der Waals surface area contributed by atoms with Crippen molar-refractivity contribution < 1.29 is 41.7 Å². The molecule has 0 amide bonds. The normalized spacial score (nSPS) is 21.0. The number of methoxy groups -OCH3 is 1. The van der Waals surface area contributed by atoms with Gasteiger partial charge in [0.2, 0.25) is 0 Å². The minimum Gasteiger partial charge on any atom is -0.465 e. The highest BCUT2D eigenvalue weighted by Gasteiger charge is 2.53. The largest absolute Gasteiger partial charge is 0.497 e. The number of ether oxygens (including phenoxy) is 1. The van der Waals surface area contributed by atoms with E-state index in [1.54, 1.807) is 27.7 Å². The topological polar surface area (TPSA) is 80.3 Å². The first-order chi connectivity index (χ1) is 17.4. The number of hydrogen-bond donors (Lipinski definition) is 0. The maximum absolute atomic E-state index is 15.0. The molecule has 2 heterocycles. The van der Waals surface area contributed by atoms with Crippen LogP contribution in [0.3, 0.4) is 0 Å². The molecule has 0 aliphatic carbocycles. The molecule has 2 fully saturated rings. The molecule has 202 valence electrons. The molecule has 0 N–H and O–H groups in total. The van der Waals surface area contributed by atoms with Crippen molar-refractivity contribution in [2.24, 2.45) is 0 Å². The second kappa shape index (κ2) is 9.26. The number of carbonyl (C=O) groups is 2. The van der Waals surface area contributed by atoms with Crippen molar-refractivity contribution in [3.63, 3.8) is 0 Å². The molecule has 2 saturated heterocycles. The highest BCUT2D eigenvalue weighted by atomic mass is 19.1. The number of carbonyl (C=O) groups excluding carboxylic acids is 2. The number of rotatable bonds is 5. The van der Waals surface area contributed by atoms with Crippen LogP contribution in [0.15, 0.2) is 30.3 Å². The molecule has 0 saturated carbocycles. The Labute approximate surface area is 222 Å². The van der Waals surface area contributed by atoms with E-state index in [1.165, 1.54) is 25.3 Å². The van der Waals surface area contributed by atoms with Gasteiger partial charge in [-0.1, -0.05) is 6.07 Å². The molecule has 2 aromatic rings. The van der Waals surface area contributed by atoms with Crippen molar-refractivity contribution in [3.05, 3.63) is 58.7 Å². The van der Waals surface area contributed by atoms with Gasteiger partial charge in [-0.3, -0.25) is 4.79 Å². The van der Waals surface area contributed by atoms with Gasteiger partial charge in [-0.15, -0.1) is 0 Å². The monoisotopic (exact) mass is 528 g/mol. The average molecular weight is 528 g/mol. The van der Waals surface area contributed by atoms with E-state index < -0.39 is 65.6 Å². The second-order valence-electron chi connectivity index (χ2n) is 11.7. The molecule has 38 heavy (non-hydrogen) atoms. The first-order valence-electron chi connectivity index (χ1n) is 12.4. The third-order valence-corrected chi connectivity index (χ3v) is 8.00. The van der Waals surface area contributed by atoms with Crippen molar-refractivity contribution >= 4 is 36.9 Å². The standard InChI is InChI=1S/C27H32B2F2O7/c1-24(2)25(3,4)36-28(35-24)17-11-15(10-16(12-17)23(33)34-9)22(32)18-13-19(21(31)14-20(18)30)29-37-26(5,6)27(7,8)38-29/h10-14H,1-9H3. The fourth-order valence-electron chi connectivity index (χ4n) is 4.18. The van der Waals surface area contributed by atoms with Gasteiger partial charge in [-0.2, -0.15) is 0 Å². The van der Waals surface area contributed by atoms with E-state index in [4.69, 9.17) is 23.4 Å². The summed E-state index contributed by atoms with van der Waals surface area (Å²) < 4.78 is 58.7. The zero-order chi connectivity index (χ0) is 28.4. The Balaban J connectivity index is 1.77. The Morgan fingerprint density at radius 1 is 0.684 bits per heavy atom. The molecular formula is C27H32B2F2O7. The highest BCUT2D eigenvalue weighted by Crippen LogP contribution is 2.38. The lowest BCUT2D eigenvalue weighted by molar-refractivity contribution is 0.00578. The van der Waals surface area contributed by atoms with Gasteiger partial charge in [-0.25, -0.2) is 13.6 Å². The third kappa shape index (κ3) is 4.81. The van der Waals surface area contributed by atoms with Gasteiger partial charge in [0.1, 0.15) is 11.6 Å². The van der Waals surface area contributed by atoms with E-state index in [2.05, 4.69) is 0 Å². The Morgan fingerprint density at radius 2 is 1.16 bits per heavy atom. The molecule has 11 heteroatoms. The van der Waals surface area contributed by atoms with Crippen LogP contribution in [0.1, 0.15) is 81.7 Å². The smallest absolute Gasteiger partial charge is 0.465 e. The number of esters is 1. The van der Waals surface area contributed by atoms with Crippen LogP contribution in [-0.2, 0) is 23.4 Å². The molecular weight excluding hydrogens is 496 g/mol. The van der Waals surface area contributed by atoms with Gasteiger partial charge in [0.25, 0.3) is 0 Å². The first-order valence-corrected chi connectivity index (χ1v) is 12.4. The van der Waals surface area contributed by atoms with E-state index in [9.17, 15) is 14.0 Å². The summed E-state index contributed by atoms with van der Waals surface area (Å²) in [7, 11) is -0.828. The molecule has 2 aliphatic rings. The third-order valence-electron chi connectivity index (χ3n) is 8.00. The van der Waals surface area contributed by atoms with Gasteiger partial charge in [0.15, 0.2) is 5.78 Å². The lowest BCUT2D eigenvalue weighted by atomic mass is 9.75. The number of hydrogen-bond acceptors (Lipinski definition) is 7. The van der Waals surface area contributed by atoms with Crippen LogP contribution in [0.25, 0.3) is 0 Å². The maximum Gasteiger partial charge on any atom is 0.497 e. The van der Waals surface area contributed by atoms with Crippen LogP contribution >= 0.6 is 0 Å². The van der Waals surface area contributed by atoms with Gasteiger partial charge < -0.3 is 23.4 Å². The molecule has 7 nitrogen and oxygen atoms in total. The Hall–Kier alpha value is -2.59. The lowest BCUT2D eigenvalue weighted by Gasteiger charge is -2.32. The quantitative estimate of drug-likeness (QED) is 0.334. The molecule has 0 unspecified atom stereocenters. The first kappa shape index (κ1) is 28.4. The fourth-order valence-corrected chi connectivity index (χ4v) is 4.18. The van der Waals surface area contributed by atoms with E-state index in [0.29, 0.717) is 11.5 Å². The van der Waals surface area contributed by atoms with E-state index in [-0.39, 0.29) is 16.6 Å². The molecule has 4 rings (SSSR count). The number of halogens is 2. The van der Waals surface area contributed by atoms with Gasteiger partial charge in [0, 0.05) is 17.1 Å². The summed E-state index contributed by atoms with van der Waals surface area (Å²) in [6.45, 7) is 14.7. The van der Waals surface area contributed by atoms with Crippen LogP contribution in [-0.4, -0.2) is 55.5 Å². The Bertz CT molecular complexity index is 1270. The average Bonchev–Trinajstić information content (AvgIpc) is 3.17. The zero-order valence-corrected chi connectivity index (χ0v) is 23.2. The minimum absolute atomic E-state index is 0.0250. The summed E-state index contributed by atoms with van der Waals surface area (Å²) in [4.78, 5) is 26.0. The highest BCUT2D eigenvalue weighted by molar-refractivity contribution is 6.63. The summed E-state index contributed by atoms with van der Waals surface area (Å²) >= 11 is 0. The Morgan fingerprint density at radius 3 is 1.66 bits per heavy atom. The van der Waals surface area contributed by atoms with Crippen molar-refractivity contribution in [2.75, 3.05) is 7.11 Å². The zero-order valence-electron chi connectivity index (χ0n) is 23.2. The van der Waals surface area contributed by atoms with E-state index in [1.807, 2.05) is 27.7 Å². The minimum atomic E-state index is -1.14. The Kier molecular flexibility index (Phi) is 6.92. The summed E-state index contributed by atoms with van der Waals surface area (Å²) in [6.07, 6.45) is 0. The fraction of sp³-hybridized carbons (Fsp3) is 0.481. The van der Waals surface area contributed by atoms with Crippen molar-refractivity contribution in [3.8, 4) is 0 Å². The summed E-state index contributed by atoms with van der Waals surface area (Å²) in [5.41, 5.74) is -3.00. The van der Waals surface area contributed by atoms with Gasteiger partial charge in [-0.05, 0) is 79.1 Å². The lowest BCUT2D eigenvalue weighted by Crippen LogP contribution is -2.41. The predicted octanol–water partition coefficient (Wildman–Crippen LogP) is 3.58. The summed E-state index contributed by atoms with van der Waals surface area (Å²) in [5, 5.41) is 0. The van der Waals surface area contributed by atoms with Gasteiger partial charge in [0.05, 0.1) is 40.6 Å². The SMILES string of the molecule is COC(=O)c1cc(B2OC(C)(C)C(C)(C)O2)cc(C(=O)c2cc(B3OC(C)(C)C(C)(C)O3)c(F)cc2F)c1. The van der Waals surface area contributed by atoms with Crippen LogP contribution in [0.2, 0.25) is 0 Å². The number of ketones is 1. The molecule has 0 radical (unpaired) electrons. The van der Waals surface area contributed by atoms with E-state index in [0.717, 1.165) is 6.07 Å². The van der Waals surface area contributed by atoms with Gasteiger partial charge >= 0.3 is 20.2 Å². The maximum atomic E-state index is 15.0. The summed E-state index contributed by atoms with van der Waals surface area (Å²) in [5.74, 6) is -3.44. The van der Waals surface area contributed by atoms with Crippen LogP contribution in [0.4, 0.5) is 8.78 Å². The number of benzene rings is 2. The molecule has 0 bridgehead atoms. The molecule has 2 aliphatic heterocycles. The molecule has 0 aromatic heterocycles.